The summed E-state index contributed by atoms with van der Waals surface area (Å²) in [5, 5.41) is 3.19. The van der Waals surface area contributed by atoms with E-state index in [1.807, 2.05) is 30.3 Å². The summed E-state index contributed by atoms with van der Waals surface area (Å²) in [6.45, 7) is 3.18. The number of esters is 1. The van der Waals surface area contributed by atoms with Gasteiger partial charge in [-0.3, -0.25) is 0 Å². The van der Waals surface area contributed by atoms with Crippen LogP contribution in [0.4, 0.5) is 0 Å². The summed E-state index contributed by atoms with van der Waals surface area (Å²) in [6.07, 6.45) is 0.657. The van der Waals surface area contributed by atoms with Gasteiger partial charge < -0.3 is 29.2 Å². The van der Waals surface area contributed by atoms with Crippen LogP contribution in [0.25, 0.3) is 5.70 Å². The zero-order valence-corrected chi connectivity index (χ0v) is 19.6. The molecule has 1 aliphatic rings. The number of hydrogen-bond donors (Lipinski definition) is 1. The largest absolute Gasteiger partial charge is 0.496 e. The van der Waals surface area contributed by atoms with Gasteiger partial charge in [0.2, 0.25) is 0 Å². The number of benzene rings is 1. The van der Waals surface area contributed by atoms with Gasteiger partial charge in [0.15, 0.2) is 5.75 Å². The van der Waals surface area contributed by atoms with Crippen molar-refractivity contribution in [3.05, 3.63) is 51.8 Å². The normalized spacial score (nSPS) is 13.1. The lowest BCUT2D eigenvalue weighted by atomic mass is 10.1. The van der Waals surface area contributed by atoms with Crippen molar-refractivity contribution >= 4 is 27.6 Å². The Morgan fingerprint density at radius 3 is 2.58 bits per heavy atom. The first-order valence-corrected chi connectivity index (χ1v) is 10.6. The van der Waals surface area contributed by atoms with Crippen LogP contribution in [-0.2, 0) is 16.0 Å². The molecule has 0 saturated carbocycles. The van der Waals surface area contributed by atoms with E-state index >= 15 is 0 Å². The molecule has 1 aromatic carbocycles. The molecular formula is C22H26BrN3O5. The molecule has 2 aromatic rings. The standard InChI is InChI=1S/C22H26BrN3O5/c1-5-31-22(27)18-19(15-8-6-7-9-16(15)28-2)26(13-24-18)11-10-14-12-17(29-3)21(30-4)25-20(14)23/h6-9,12,24H,5,10-11,13H2,1-4H3. The van der Waals surface area contributed by atoms with Gasteiger partial charge >= 0.3 is 5.97 Å². The van der Waals surface area contributed by atoms with E-state index in [0.717, 1.165) is 16.8 Å². The fraction of sp³-hybridized carbons (Fsp3) is 0.364. The average molecular weight is 492 g/mol. The van der Waals surface area contributed by atoms with Crippen molar-refractivity contribution in [3.63, 3.8) is 0 Å². The molecular weight excluding hydrogens is 466 g/mol. The molecule has 166 valence electrons. The predicted molar refractivity (Wildman–Crippen MR) is 120 cm³/mol. The Bertz CT molecular complexity index is 980. The molecule has 2 heterocycles. The molecule has 0 saturated heterocycles. The molecule has 0 unspecified atom stereocenters. The van der Waals surface area contributed by atoms with Crippen LogP contribution in [0.2, 0.25) is 0 Å². The summed E-state index contributed by atoms with van der Waals surface area (Å²) in [4.78, 5) is 19.1. The molecule has 8 nitrogen and oxygen atoms in total. The third-order valence-electron chi connectivity index (χ3n) is 4.89. The van der Waals surface area contributed by atoms with Crippen molar-refractivity contribution in [1.29, 1.82) is 0 Å². The SMILES string of the molecule is CCOC(=O)C1=C(c2ccccc2OC)N(CCc2cc(OC)c(OC)nc2Br)CN1. The Morgan fingerprint density at radius 1 is 1.16 bits per heavy atom. The lowest BCUT2D eigenvalue weighted by Crippen LogP contribution is -2.26. The minimum Gasteiger partial charge on any atom is -0.496 e. The molecule has 31 heavy (non-hydrogen) atoms. The Labute approximate surface area is 190 Å². The van der Waals surface area contributed by atoms with Gasteiger partial charge in [0, 0.05) is 12.1 Å². The van der Waals surface area contributed by atoms with Gasteiger partial charge in [0.05, 0.1) is 40.3 Å². The summed E-state index contributed by atoms with van der Waals surface area (Å²) < 4.78 is 22.1. The van der Waals surface area contributed by atoms with Crippen LogP contribution in [0, 0.1) is 0 Å². The molecule has 1 N–H and O–H groups in total. The third kappa shape index (κ3) is 4.87. The maximum atomic E-state index is 12.6. The van der Waals surface area contributed by atoms with Crippen molar-refractivity contribution < 1.29 is 23.7 Å². The lowest BCUT2D eigenvalue weighted by Gasteiger charge is -2.23. The van der Waals surface area contributed by atoms with E-state index in [2.05, 4.69) is 31.1 Å². The van der Waals surface area contributed by atoms with Gasteiger partial charge in [-0.1, -0.05) is 12.1 Å². The van der Waals surface area contributed by atoms with E-state index < -0.39 is 0 Å². The Balaban J connectivity index is 1.93. The maximum Gasteiger partial charge on any atom is 0.356 e. The molecule has 0 aliphatic carbocycles. The number of nitrogens with zero attached hydrogens (tertiary/aromatic N) is 2. The first kappa shape index (κ1) is 22.7. The molecule has 0 radical (unpaired) electrons. The van der Waals surface area contributed by atoms with Gasteiger partial charge in [-0.25, -0.2) is 9.78 Å². The van der Waals surface area contributed by atoms with E-state index in [1.165, 1.54) is 0 Å². The number of carbonyl (C=O) groups is 1. The second kappa shape index (κ2) is 10.4. The topological polar surface area (TPSA) is 82.2 Å². The number of halogens is 1. The first-order chi connectivity index (χ1) is 15.0. The lowest BCUT2D eigenvalue weighted by molar-refractivity contribution is -0.138. The number of carbonyl (C=O) groups excluding carboxylic acids is 1. The number of rotatable bonds is 9. The van der Waals surface area contributed by atoms with Gasteiger partial charge in [-0.2, -0.15) is 0 Å². The van der Waals surface area contributed by atoms with Crippen molar-refractivity contribution in [2.45, 2.75) is 13.3 Å². The highest BCUT2D eigenvalue weighted by Gasteiger charge is 2.30. The summed E-state index contributed by atoms with van der Waals surface area (Å²) in [7, 11) is 4.74. The van der Waals surface area contributed by atoms with Crippen LogP contribution in [0.5, 0.6) is 17.4 Å². The van der Waals surface area contributed by atoms with Crippen LogP contribution >= 0.6 is 15.9 Å². The van der Waals surface area contributed by atoms with E-state index in [0.29, 0.717) is 53.9 Å². The first-order valence-electron chi connectivity index (χ1n) is 9.85. The van der Waals surface area contributed by atoms with E-state index in [9.17, 15) is 4.79 Å². The monoisotopic (exact) mass is 491 g/mol. The molecule has 0 bridgehead atoms. The fourth-order valence-electron chi connectivity index (χ4n) is 3.42. The molecule has 0 fully saturated rings. The number of pyridine rings is 1. The van der Waals surface area contributed by atoms with E-state index in [-0.39, 0.29) is 5.97 Å². The van der Waals surface area contributed by atoms with Gasteiger partial charge in [-0.05, 0) is 53.0 Å². The summed E-state index contributed by atoms with van der Waals surface area (Å²) in [6, 6.07) is 9.51. The van der Waals surface area contributed by atoms with Crippen LogP contribution in [0.15, 0.2) is 40.6 Å². The zero-order valence-electron chi connectivity index (χ0n) is 18.0. The number of para-hydroxylation sites is 1. The van der Waals surface area contributed by atoms with Gasteiger partial charge in [-0.15, -0.1) is 0 Å². The number of hydrogen-bond acceptors (Lipinski definition) is 8. The fourth-order valence-corrected chi connectivity index (χ4v) is 3.90. The van der Waals surface area contributed by atoms with E-state index in [1.54, 1.807) is 28.3 Å². The van der Waals surface area contributed by atoms with E-state index in [4.69, 9.17) is 18.9 Å². The Morgan fingerprint density at radius 2 is 1.90 bits per heavy atom. The minimum atomic E-state index is -0.389. The number of methoxy groups -OCH3 is 3. The van der Waals surface area contributed by atoms with Crippen LogP contribution in [0.3, 0.4) is 0 Å². The van der Waals surface area contributed by atoms with Crippen molar-refractivity contribution in [2.75, 3.05) is 41.1 Å². The predicted octanol–water partition coefficient (Wildman–Crippen LogP) is 3.21. The minimum absolute atomic E-state index is 0.299. The van der Waals surface area contributed by atoms with Crippen molar-refractivity contribution in [2.24, 2.45) is 0 Å². The van der Waals surface area contributed by atoms with Crippen molar-refractivity contribution in [1.82, 2.24) is 15.2 Å². The molecule has 0 amide bonds. The van der Waals surface area contributed by atoms with Gasteiger partial charge in [0.25, 0.3) is 5.88 Å². The summed E-state index contributed by atoms with van der Waals surface area (Å²) in [5.74, 6) is 1.27. The number of aromatic nitrogens is 1. The third-order valence-corrected chi connectivity index (χ3v) is 5.57. The molecule has 1 aromatic heterocycles. The maximum absolute atomic E-state index is 12.6. The molecule has 0 atom stereocenters. The average Bonchev–Trinajstić information content (AvgIpc) is 3.21. The van der Waals surface area contributed by atoms with Crippen LogP contribution < -0.4 is 19.5 Å². The highest BCUT2D eigenvalue weighted by molar-refractivity contribution is 9.10. The second-order valence-electron chi connectivity index (χ2n) is 6.64. The van der Waals surface area contributed by atoms with Gasteiger partial charge in [0.1, 0.15) is 16.0 Å². The highest BCUT2D eigenvalue weighted by atomic mass is 79.9. The highest BCUT2D eigenvalue weighted by Crippen LogP contribution is 2.34. The zero-order chi connectivity index (χ0) is 22.4. The van der Waals surface area contributed by atoms with Crippen LogP contribution in [-0.4, -0.2) is 57.0 Å². The Kier molecular flexibility index (Phi) is 7.62. The van der Waals surface area contributed by atoms with Crippen molar-refractivity contribution in [3.8, 4) is 17.4 Å². The molecule has 0 spiro atoms. The smallest absolute Gasteiger partial charge is 0.356 e. The molecule has 9 heteroatoms. The summed E-state index contributed by atoms with van der Waals surface area (Å²) in [5.41, 5.74) is 2.96. The number of nitrogens with one attached hydrogen (secondary N) is 1. The summed E-state index contributed by atoms with van der Waals surface area (Å²) >= 11 is 3.51. The Hall–Kier alpha value is -2.94. The second-order valence-corrected chi connectivity index (χ2v) is 7.39. The quantitative estimate of drug-likeness (QED) is 0.422. The molecule has 1 aliphatic heterocycles. The molecule has 3 rings (SSSR count). The number of ether oxygens (including phenoxy) is 4. The van der Waals surface area contributed by atoms with Crippen LogP contribution in [0.1, 0.15) is 18.1 Å².